The maximum atomic E-state index is 10.8. The molecule has 0 aliphatic carbocycles. The molecule has 1 atom stereocenters. The lowest BCUT2D eigenvalue weighted by molar-refractivity contribution is 0.215. The van der Waals surface area contributed by atoms with E-state index in [0.29, 0.717) is 6.61 Å². The van der Waals surface area contributed by atoms with Crippen LogP contribution >= 0.6 is 0 Å². The SMILES string of the molecule is OC(c1cccc2c1OCC2)c1ccnc2ccccc12. The number of hydrogen-bond acceptors (Lipinski definition) is 3. The molecule has 1 aromatic heterocycles. The molecule has 2 heterocycles. The number of ether oxygens (including phenoxy) is 1. The number of aromatic nitrogens is 1. The smallest absolute Gasteiger partial charge is 0.128 e. The first-order chi connectivity index (χ1) is 10.3. The molecule has 0 fully saturated rings. The highest BCUT2D eigenvalue weighted by Crippen LogP contribution is 2.37. The van der Waals surface area contributed by atoms with E-state index in [4.69, 9.17) is 4.74 Å². The quantitative estimate of drug-likeness (QED) is 0.782. The molecule has 0 radical (unpaired) electrons. The molecule has 0 bridgehead atoms. The van der Waals surface area contributed by atoms with Crippen molar-refractivity contribution in [3.63, 3.8) is 0 Å². The number of nitrogens with zero attached hydrogens (tertiary/aromatic N) is 1. The molecule has 2 aromatic carbocycles. The minimum Gasteiger partial charge on any atom is -0.493 e. The number of pyridine rings is 1. The lowest BCUT2D eigenvalue weighted by Crippen LogP contribution is -2.03. The maximum Gasteiger partial charge on any atom is 0.128 e. The standard InChI is InChI=1S/C18H15NO2/c20-17(15-6-3-4-12-9-11-21-18(12)15)14-8-10-19-16-7-2-1-5-13(14)16/h1-8,10,17,20H,9,11H2. The van der Waals surface area contributed by atoms with Gasteiger partial charge in [-0.3, -0.25) is 4.98 Å². The third-order valence-corrected chi connectivity index (χ3v) is 4.02. The van der Waals surface area contributed by atoms with Crippen LogP contribution in [0.25, 0.3) is 10.9 Å². The summed E-state index contributed by atoms with van der Waals surface area (Å²) in [5, 5.41) is 11.8. The number of para-hydroxylation sites is 2. The van der Waals surface area contributed by atoms with Gasteiger partial charge in [-0.2, -0.15) is 0 Å². The Bertz CT molecular complexity index is 808. The number of aliphatic hydroxyl groups excluding tert-OH is 1. The number of hydrogen-bond donors (Lipinski definition) is 1. The summed E-state index contributed by atoms with van der Waals surface area (Å²) in [6.45, 7) is 0.691. The van der Waals surface area contributed by atoms with E-state index < -0.39 is 6.10 Å². The fraction of sp³-hybridized carbons (Fsp3) is 0.167. The normalized spacial score (nSPS) is 14.7. The summed E-state index contributed by atoms with van der Waals surface area (Å²) in [7, 11) is 0. The Morgan fingerprint density at radius 2 is 1.90 bits per heavy atom. The molecule has 0 saturated heterocycles. The molecule has 1 unspecified atom stereocenters. The number of benzene rings is 2. The Morgan fingerprint density at radius 3 is 2.86 bits per heavy atom. The Morgan fingerprint density at radius 1 is 1.00 bits per heavy atom. The maximum absolute atomic E-state index is 10.8. The monoisotopic (exact) mass is 277 g/mol. The van der Waals surface area contributed by atoms with Gasteiger partial charge in [0.25, 0.3) is 0 Å². The van der Waals surface area contributed by atoms with Gasteiger partial charge in [-0.25, -0.2) is 0 Å². The van der Waals surface area contributed by atoms with Gasteiger partial charge >= 0.3 is 0 Å². The minimum absolute atomic E-state index is 0.691. The van der Waals surface area contributed by atoms with E-state index in [0.717, 1.165) is 34.2 Å². The Balaban J connectivity index is 1.88. The zero-order chi connectivity index (χ0) is 14.2. The third kappa shape index (κ3) is 1.98. The average molecular weight is 277 g/mol. The van der Waals surface area contributed by atoms with Crippen molar-refractivity contribution in [3.05, 3.63) is 71.4 Å². The van der Waals surface area contributed by atoms with Crippen molar-refractivity contribution >= 4 is 10.9 Å². The van der Waals surface area contributed by atoms with Crippen LogP contribution in [-0.2, 0) is 6.42 Å². The van der Waals surface area contributed by atoms with Crippen LogP contribution in [0.1, 0.15) is 22.8 Å². The molecule has 0 saturated carbocycles. The zero-order valence-corrected chi connectivity index (χ0v) is 11.5. The Labute approximate surface area is 122 Å². The van der Waals surface area contributed by atoms with Crippen molar-refractivity contribution in [2.24, 2.45) is 0 Å². The average Bonchev–Trinajstić information content (AvgIpc) is 3.02. The van der Waals surface area contributed by atoms with E-state index in [1.807, 2.05) is 42.5 Å². The van der Waals surface area contributed by atoms with Crippen LogP contribution in [0.3, 0.4) is 0 Å². The van der Waals surface area contributed by atoms with Crippen LogP contribution in [0.4, 0.5) is 0 Å². The van der Waals surface area contributed by atoms with Crippen LogP contribution < -0.4 is 4.74 Å². The van der Waals surface area contributed by atoms with E-state index in [9.17, 15) is 5.11 Å². The first kappa shape index (κ1) is 12.4. The summed E-state index contributed by atoms with van der Waals surface area (Å²) >= 11 is 0. The van der Waals surface area contributed by atoms with Gasteiger partial charge in [-0.05, 0) is 23.3 Å². The fourth-order valence-corrected chi connectivity index (χ4v) is 2.98. The molecule has 104 valence electrons. The van der Waals surface area contributed by atoms with E-state index in [2.05, 4.69) is 11.1 Å². The highest BCUT2D eigenvalue weighted by atomic mass is 16.5. The largest absolute Gasteiger partial charge is 0.493 e. The first-order valence-corrected chi connectivity index (χ1v) is 7.11. The molecule has 21 heavy (non-hydrogen) atoms. The summed E-state index contributed by atoms with van der Waals surface area (Å²) in [5.74, 6) is 0.839. The topological polar surface area (TPSA) is 42.4 Å². The van der Waals surface area contributed by atoms with E-state index in [1.165, 1.54) is 5.56 Å². The number of fused-ring (bicyclic) bond motifs is 2. The summed E-state index contributed by atoms with van der Waals surface area (Å²) in [6, 6.07) is 15.7. The Hall–Kier alpha value is -2.39. The molecular formula is C18H15NO2. The number of rotatable bonds is 2. The predicted octanol–water partition coefficient (Wildman–Crippen LogP) is 3.25. The van der Waals surface area contributed by atoms with Crippen LogP contribution in [0.5, 0.6) is 5.75 Å². The third-order valence-electron chi connectivity index (χ3n) is 4.02. The molecule has 4 rings (SSSR count). The van der Waals surface area contributed by atoms with Crippen molar-refractivity contribution in [1.82, 2.24) is 4.98 Å². The van der Waals surface area contributed by atoms with Crippen LogP contribution in [0.15, 0.2) is 54.7 Å². The Kier molecular flexibility index (Phi) is 2.86. The van der Waals surface area contributed by atoms with Gasteiger partial charge in [0, 0.05) is 23.6 Å². The van der Waals surface area contributed by atoms with Crippen LogP contribution in [0.2, 0.25) is 0 Å². The molecule has 1 aliphatic heterocycles. The van der Waals surface area contributed by atoms with Crippen LogP contribution in [-0.4, -0.2) is 16.7 Å². The zero-order valence-electron chi connectivity index (χ0n) is 11.5. The number of aliphatic hydroxyl groups is 1. The summed E-state index contributed by atoms with van der Waals surface area (Å²) < 4.78 is 5.71. The van der Waals surface area contributed by atoms with Crippen molar-refractivity contribution in [2.45, 2.75) is 12.5 Å². The van der Waals surface area contributed by atoms with Gasteiger partial charge in [0.2, 0.25) is 0 Å². The van der Waals surface area contributed by atoms with Gasteiger partial charge in [-0.15, -0.1) is 0 Å². The van der Waals surface area contributed by atoms with Gasteiger partial charge in [-0.1, -0.05) is 36.4 Å². The lowest BCUT2D eigenvalue weighted by Gasteiger charge is -2.16. The molecule has 3 nitrogen and oxygen atoms in total. The molecule has 3 heteroatoms. The van der Waals surface area contributed by atoms with Gasteiger partial charge in [0.15, 0.2) is 0 Å². The summed E-state index contributed by atoms with van der Waals surface area (Å²) in [4.78, 5) is 4.35. The minimum atomic E-state index is -0.703. The van der Waals surface area contributed by atoms with E-state index >= 15 is 0 Å². The molecule has 1 aliphatic rings. The van der Waals surface area contributed by atoms with E-state index in [-0.39, 0.29) is 0 Å². The molecule has 0 spiro atoms. The molecule has 3 aromatic rings. The second kappa shape index (κ2) is 4.86. The van der Waals surface area contributed by atoms with Crippen molar-refractivity contribution < 1.29 is 9.84 Å². The molecular weight excluding hydrogens is 262 g/mol. The fourth-order valence-electron chi connectivity index (χ4n) is 2.98. The van der Waals surface area contributed by atoms with Gasteiger partial charge < -0.3 is 9.84 Å². The van der Waals surface area contributed by atoms with E-state index in [1.54, 1.807) is 6.20 Å². The highest BCUT2D eigenvalue weighted by Gasteiger charge is 2.22. The summed E-state index contributed by atoms with van der Waals surface area (Å²) in [5.41, 5.74) is 3.76. The molecule has 0 amide bonds. The lowest BCUT2D eigenvalue weighted by atomic mass is 9.96. The highest BCUT2D eigenvalue weighted by molar-refractivity contribution is 5.82. The van der Waals surface area contributed by atoms with Crippen molar-refractivity contribution in [2.75, 3.05) is 6.61 Å². The van der Waals surface area contributed by atoms with Crippen LogP contribution in [0, 0.1) is 0 Å². The van der Waals surface area contributed by atoms with Crippen molar-refractivity contribution in [1.29, 1.82) is 0 Å². The van der Waals surface area contributed by atoms with Crippen molar-refractivity contribution in [3.8, 4) is 5.75 Å². The second-order valence-electron chi connectivity index (χ2n) is 5.25. The second-order valence-corrected chi connectivity index (χ2v) is 5.25. The summed E-state index contributed by atoms with van der Waals surface area (Å²) in [6.07, 6.45) is 1.95. The predicted molar refractivity (Wildman–Crippen MR) is 81.4 cm³/mol. The molecule has 1 N–H and O–H groups in total. The van der Waals surface area contributed by atoms with Gasteiger partial charge in [0.1, 0.15) is 11.9 Å². The first-order valence-electron chi connectivity index (χ1n) is 7.11. The van der Waals surface area contributed by atoms with Gasteiger partial charge in [0.05, 0.1) is 12.1 Å².